The molecule has 1 aliphatic carbocycles. The van der Waals surface area contributed by atoms with Crippen molar-refractivity contribution in [1.29, 1.82) is 0 Å². The van der Waals surface area contributed by atoms with Gasteiger partial charge in [-0.2, -0.15) is 5.10 Å². The second-order valence-electron chi connectivity index (χ2n) is 9.35. The van der Waals surface area contributed by atoms with Crippen LogP contribution in [0.3, 0.4) is 0 Å². The number of aromatic nitrogens is 3. The molecule has 5 rings (SSSR count). The van der Waals surface area contributed by atoms with Gasteiger partial charge >= 0.3 is 5.97 Å². The van der Waals surface area contributed by atoms with Crippen LogP contribution in [0, 0.1) is 13.8 Å². The maximum atomic E-state index is 12.2. The third-order valence-corrected chi connectivity index (χ3v) is 7.50. The Balaban J connectivity index is 1.45. The Labute approximate surface area is 209 Å². The lowest BCUT2D eigenvalue weighted by atomic mass is 9.91. The Morgan fingerprint density at radius 3 is 2.71 bits per heavy atom. The molecule has 6 nitrogen and oxygen atoms in total. The molecule has 2 N–H and O–H groups in total. The Kier molecular flexibility index (Phi) is 6.32. The molecule has 0 aliphatic heterocycles. The molecule has 0 amide bonds. The Hall–Kier alpha value is -3.25. The number of carboxylic acids is 1. The minimum absolute atomic E-state index is 0.208. The van der Waals surface area contributed by atoms with Crippen LogP contribution in [0.15, 0.2) is 30.3 Å². The van der Waals surface area contributed by atoms with E-state index in [0.29, 0.717) is 24.5 Å². The quantitative estimate of drug-likeness (QED) is 0.292. The third-order valence-electron chi connectivity index (χ3n) is 7.19. The standard InChI is InChI=1S/C28H30ClN3O3/c1-16-24(17(2)32(3)31-16)25-22(29)14-13-21-20(27(28(33)34)30-26(21)25)11-7-15-35-23-12-6-9-18-8-4-5-10-19(18)23/h6,9,12-14,30H,4-5,7-8,10-11,15H2,1-3H3,(H,33,34). The van der Waals surface area contributed by atoms with Crippen LogP contribution in [0.25, 0.3) is 22.0 Å². The van der Waals surface area contributed by atoms with Crippen molar-refractivity contribution in [2.24, 2.45) is 7.05 Å². The number of aromatic carboxylic acids is 1. The SMILES string of the molecule is Cc1nn(C)c(C)c1-c1c(Cl)ccc2c(CCCOc3cccc4c3CCCC4)c(C(=O)O)[nH]c12. The number of aryl methyl sites for hydroxylation is 4. The molecule has 0 saturated carbocycles. The second kappa shape index (κ2) is 9.42. The number of hydrogen-bond donors (Lipinski definition) is 2. The van der Waals surface area contributed by atoms with Gasteiger partial charge in [-0.25, -0.2) is 4.79 Å². The fourth-order valence-corrected chi connectivity index (χ4v) is 5.68. The Bertz CT molecular complexity index is 1430. The van der Waals surface area contributed by atoms with Gasteiger partial charge in [-0.05, 0) is 81.2 Å². The smallest absolute Gasteiger partial charge is 0.352 e. The van der Waals surface area contributed by atoms with E-state index in [1.807, 2.05) is 43.8 Å². The van der Waals surface area contributed by atoms with Crippen molar-refractivity contribution in [3.63, 3.8) is 0 Å². The van der Waals surface area contributed by atoms with Crippen LogP contribution in [-0.2, 0) is 26.3 Å². The highest BCUT2D eigenvalue weighted by atomic mass is 35.5. The number of rotatable bonds is 7. The van der Waals surface area contributed by atoms with Crippen molar-refractivity contribution >= 4 is 28.5 Å². The molecular formula is C28H30ClN3O3. The van der Waals surface area contributed by atoms with Gasteiger partial charge in [-0.15, -0.1) is 0 Å². The molecule has 2 aromatic carbocycles. The summed E-state index contributed by atoms with van der Waals surface area (Å²) in [4.78, 5) is 15.3. The van der Waals surface area contributed by atoms with Gasteiger partial charge in [0.15, 0.2) is 0 Å². The van der Waals surface area contributed by atoms with E-state index in [4.69, 9.17) is 16.3 Å². The average Bonchev–Trinajstić information content (AvgIpc) is 3.33. The Morgan fingerprint density at radius 2 is 1.97 bits per heavy atom. The van der Waals surface area contributed by atoms with E-state index in [1.165, 1.54) is 24.0 Å². The molecule has 0 atom stereocenters. The lowest BCUT2D eigenvalue weighted by molar-refractivity contribution is 0.0690. The second-order valence-corrected chi connectivity index (χ2v) is 9.76. The zero-order valence-electron chi connectivity index (χ0n) is 20.4. The van der Waals surface area contributed by atoms with Crippen molar-refractivity contribution < 1.29 is 14.6 Å². The van der Waals surface area contributed by atoms with Gasteiger partial charge in [-0.3, -0.25) is 4.68 Å². The molecule has 7 heteroatoms. The van der Waals surface area contributed by atoms with E-state index in [2.05, 4.69) is 22.2 Å². The van der Waals surface area contributed by atoms with Gasteiger partial charge in [0, 0.05) is 29.3 Å². The summed E-state index contributed by atoms with van der Waals surface area (Å²) in [7, 11) is 1.90. The summed E-state index contributed by atoms with van der Waals surface area (Å²) in [6.45, 7) is 4.47. The van der Waals surface area contributed by atoms with E-state index in [-0.39, 0.29) is 5.69 Å². The number of carbonyl (C=O) groups is 1. The van der Waals surface area contributed by atoms with E-state index in [1.54, 1.807) is 0 Å². The summed E-state index contributed by atoms with van der Waals surface area (Å²) in [5, 5.41) is 15.9. The number of nitrogens with zero attached hydrogens (tertiary/aromatic N) is 2. The van der Waals surface area contributed by atoms with E-state index < -0.39 is 5.97 Å². The molecule has 0 saturated heterocycles. The monoisotopic (exact) mass is 491 g/mol. The number of ether oxygens (including phenoxy) is 1. The average molecular weight is 492 g/mol. The fraction of sp³-hybridized carbons (Fsp3) is 0.357. The Morgan fingerprint density at radius 1 is 1.17 bits per heavy atom. The van der Waals surface area contributed by atoms with E-state index in [9.17, 15) is 9.90 Å². The van der Waals surface area contributed by atoms with Crippen LogP contribution in [0.1, 0.15) is 57.8 Å². The number of benzene rings is 2. The molecule has 2 aromatic heterocycles. The molecule has 0 bridgehead atoms. The topological polar surface area (TPSA) is 80.1 Å². The normalized spacial score (nSPS) is 13.3. The van der Waals surface area contributed by atoms with Crippen molar-refractivity contribution in [2.45, 2.75) is 52.4 Å². The summed E-state index contributed by atoms with van der Waals surface area (Å²) in [6, 6.07) is 10.1. The maximum absolute atomic E-state index is 12.2. The van der Waals surface area contributed by atoms with Crippen molar-refractivity contribution in [1.82, 2.24) is 14.8 Å². The van der Waals surface area contributed by atoms with E-state index in [0.717, 1.165) is 57.6 Å². The highest BCUT2D eigenvalue weighted by Gasteiger charge is 2.24. The summed E-state index contributed by atoms with van der Waals surface area (Å²) in [6.07, 6.45) is 5.91. The van der Waals surface area contributed by atoms with E-state index >= 15 is 0 Å². The lowest BCUT2D eigenvalue weighted by Gasteiger charge is -2.19. The van der Waals surface area contributed by atoms with Crippen LogP contribution in [0.5, 0.6) is 5.75 Å². The first-order valence-electron chi connectivity index (χ1n) is 12.2. The zero-order chi connectivity index (χ0) is 24.7. The molecular weight excluding hydrogens is 462 g/mol. The fourth-order valence-electron chi connectivity index (χ4n) is 5.43. The van der Waals surface area contributed by atoms with Crippen LogP contribution in [0.4, 0.5) is 0 Å². The van der Waals surface area contributed by atoms with Gasteiger partial charge < -0.3 is 14.8 Å². The zero-order valence-corrected chi connectivity index (χ0v) is 21.1. The number of halogens is 1. The molecule has 2 heterocycles. The van der Waals surface area contributed by atoms with Crippen LogP contribution in [0.2, 0.25) is 5.02 Å². The van der Waals surface area contributed by atoms with Crippen molar-refractivity contribution in [3.8, 4) is 16.9 Å². The summed E-state index contributed by atoms with van der Waals surface area (Å²) < 4.78 is 7.99. The molecule has 0 radical (unpaired) electrons. The first kappa shape index (κ1) is 23.5. The van der Waals surface area contributed by atoms with Gasteiger partial charge in [0.1, 0.15) is 11.4 Å². The number of hydrogen-bond acceptors (Lipinski definition) is 3. The maximum Gasteiger partial charge on any atom is 0.352 e. The van der Waals surface area contributed by atoms with Crippen molar-refractivity contribution in [2.75, 3.05) is 6.61 Å². The van der Waals surface area contributed by atoms with Crippen molar-refractivity contribution in [3.05, 3.63) is 69.1 Å². The number of nitrogens with one attached hydrogen (secondary N) is 1. The van der Waals surface area contributed by atoms with Gasteiger partial charge in [0.05, 0.1) is 22.8 Å². The molecule has 0 fully saturated rings. The summed E-state index contributed by atoms with van der Waals surface area (Å²) >= 11 is 6.66. The van der Waals surface area contributed by atoms with Crippen LogP contribution >= 0.6 is 11.6 Å². The summed E-state index contributed by atoms with van der Waals surface area (Å²) in [5.41, 5.74) is 8.02. The highest BCUT2D eigenvalue weighted by molar-refractivity contribution is 6.35. The largest absolute Gasteiger partial charge is 0.493 e. The molecule has 35 heavy (non-hydrogen) atoms. The molecule has 182 valence electrons. The minimum atomic E-state index is -0.976. The van der Waals surface area contributed by atoms with Gasteiger partial charge in [0.25, 0.3) is 0 Å². The first-order valence-corrected chi connectivity index (χ1v) is 12.5. The third kappa shape index (κ3) is 4.20. The number of H-pyrrole nitrogens is 1. The molecule has 4 aromatic rings. The molecule has 1 aliphatic rings. The molecule has 0 unspecified atom stereocenters. The van der Waals surface area contributed by atoms with Crippen LogP contribution < -0.4 is 4.74 Å². The van der Waals surface area contributed by atoms with Gasteiger partial charge in [-0.1, -0.05) is 29.8 Å². The number of fused-ring (bicyclic) bond motifs is 2. The van der Waals surface area contributed by atoms with Gasteiger partial charge in [0.2, 0.25) is 0 Å². The minimum Gasteiger partial charge on any atom is -0.493 e. The first-order chi connectivity index (χ1) is 16.9. The highest BCUT2D eigenvalue weighted by Crippen LogP contribution is 2.40. The van der Waals surface area contributed by atoms with Crippen LogP contribution in [-0.4, -0.2) is 32.4 Å². The number of aromatic amines is 1. The predicted octanol–water partition coefficient (Wildman–Crippen LogP) is 6.43. The number of carboxylic acid groups (broad SMARTS) is 1. The summed E-state index contributed by atoms with van der Waals surface area (Å²) in [5.74, 6) is -0.00729. The predicted molar refractivity (Wildman–Crippen MR) is 139 cm³/mol. The lowest BCUT2D eigenvalue weighted by Crippen LogP contribution is -2.08. The molecule has 0 spiro atoms.